The van der Waals surface area contributed by atoms with Crippen LogP contribution in [0, 0.1) is 0 Å². The molecule has 4 aromatic carbocycles. The largest absolute Gasteiger partial charge is 0.457 e. The van der Waals surface area contributed by atoms with Crippen LogP contribution in [-0.2, 0) is 23.2 Å². The van der Waals surface area contributed by atoms with Gasteiger partial charge in [-0.1, -0.05) is 48.5 Å². The summed E-state index contributed by atoms with van der Waals surface area (Å²) < 4.78 is 180. The SMILES string of the molecule is Nc1cccc(C(F)(F)C(F)(c2ccc(Oc3ccc(C(F)(C(F)(F)F)C(F)(F)c4cccc(N)c4)cc3)cc2)C(F)(F)F)c1. The summed E-state index contributed by atoms with van der Waals surface area (Å²) in [6, 6.07) is 10.1. The number of halogens is 12. The lowest BCUT2D eigenvalue weighted by Crippen LogP contribution is -2.51. The lowest BCUT2D eigenvalue weighted by Gasteiger charge is -2.35. The standard InChI is InChI=1S/C30H20F12N2O/c31-25(29(37,38)39,27(33,34)19-3-1-5-21(43)15-19)17-7-11-23(12-8-17)45-24-13-9-18(10-14-24)26(32,30(40,41)42)28(35,36)20-4-2-6-22(44)16-20/h1-16H,43-44H2. The van der Waals surface area contributed by atoms with Crippen LogP contribution in [0.5, 0.6) is 11.5 Å². The van der Waals surface area contributed by atoms with Gasteiger partial charge in [-0.05, 0) is 48.5 Å². The van der Waals surface area contributed by atoms with Crippen LogP contribution in [0.15, 0.2) is 97.1 Å². The molecule has 4 rings (SSSR count). The van der Waals surface area contributed by atoms with E-state index in [0.29, 0.717) is 72.8 Å². The highest BCUT2D eigenvalue weighted by Crippen LogP contribution is 2.58. The second-order valence-corrected chi connectivity index (χ2v) is 9.86. The summed E-state index contributed by atoms with van der Waals surface area (Å²) in [7, 11) is 0. The number of hydrogen-bond acceptors (Lipinski definition) is 3. The number of rotatable bonds is 8. The molecule has 4 aromatic rings. The molecule has 45 heavy (non-hydrogen) atoms. The molecule has 0 radical (unpaired) electrons. The number of benzene rings is 4. The Bertz CT molecular complexity index is 1530. The Morgan fingerprint density at radius 3 is 0.978 bits per heavy atom. The fourth-order valence-corrected chi connectivity index (χ4v) is 4.55. The van der Waals surface area contributed by atoms with E-state index in [1.807, 2.05) is 0 Å². The summed E-state index contributed by atoms with van der Waals surface area (Å²) in [4.78, 5) is 0. The van der Waals surface area contributed by atoms with E-state index in [1.165, 1.54) is 0 Å². The Morgan fingerprint density at radius 2 is 0.711 bits per heavy atom. The number of hydrogen-bond donors (Lipinski definition) is 2. The van der Waals surface area contributed by atoms with E-state index >= 15 is 26.3 Å². The van der Waals surface area contributed by atoms with Crippen molar-refractivity contribution in [1.29, 1.82) is 0 Å². The fraction of sp³-hybridized carbons (Fsp3) is 0.200. The maximum absolute atomic E-state index is 15.5. The minimum atomic E-state index is -6.13. The van der Waals surface area contributed by atoms with Gasteiger partial charge in [-0.15, -0.1) is 0 Å². The predicted molar refractivity (Wildman–Crippen MR) is 140 cm³/mol. The minimum Gasteiger partial charge on any atom is -0.457 e. The molecule has 0 saturated carbocycles. The third-order valence-electron chi connectivity index (χ3n) is 6.88. The number of alkyl halides is 12. The molecule has 0 aromatic heterocycles. The van der Waals surface area contributed by atoms with Crippen LogP contribution >= 0.6 is 0 Å². The first-order valence-electron chi connectivity index (χ1n) is 12.5. The van der Waals surface area contributed by atoms with Gasteiger partial charge in [-0.25, -0.2) is 8.78 Å². The molecule has 2 atom stereocenters. The topological polar surface area (TPSA) is 61.3 Å². The predicted octanol–water partition coefficient (Wildman–Crippen LogP) is 9.68. The van der Waals surface area contributed by atoms with Crippen molar-refractivity contribution >= 4 is 11.4 Å². The number of anilines is 2. The van der Waals surface area contributed by atoms with Gasteiger partial charge < -0.3 is 16.2 Å². The molecular formula is C30H20F12N2O. The van der Waals surface area contributed by atoms with Crippen LogP contribution in [0.3, 0.4) is 0 Å². The normalized spacial score (nSPS) is 15.6. The molecule has 0 spiro atoms. The summed E-state index contributed by atoms with van der Waals surface area (Å²) in [5.41, 5.74) is -6.20. The zero-order chi connectivity index (χ0) is 33.6. The summed E-state index contributed by atoms with van der Waals surface area (Å²) in [5, 5.41) is 0. The van der Waals surface area contributed by atoms with E-state index in [-0.39, 0.29) is 11.4 Å². The molecule has 3 nitrogen and oxygen atoms in total. The van der Waals surface area contributed by atoms with Crippen LogP contribution in [0.4, 0.5) is 64.1 Å². The van der Waals surface area contributed by atoms with Crippen molar-refractivity contribution in [3.63, 3.8) is 0 Å². The van der Waals surface area contributed by atoms with Crippen molar-refractivity contribution in [3.8, 4) is 11.5 Å². The third kappa shape index (κ3) is 5.59. The first kappa shape index (κ1) is 33.3. The van der Waals surface area contributed by atoms with Crippen LogP contribution in [0.1, 0.15) is 22.3 Å². The molecule has 0 aliphatic rings. The van der Waals surface area contributed by atoms with E-state index < -0.39 is 69.3 Å². The maximum atomic E-state index is 15.5. The Morgan fingerprint density at radius 1 is 0.400 bits per heavy atom. The van der Waals surface area contributed by atoms with Crippen LogP contribution in [-0.4, -0.2) is 12.4 Å². The van der Waals surface area contributed by atoms with Gasteiger partial charge in [0.25, 0.3) is 11.3 Å². The van der Waals surface area contributed by atoms with Crippen LogP contribution in [0.2, 0.25) is 0 Å². The molecule has 0 aliphatic carbocycles. The first-order valence-corrected chi connectivity index (χ1v) is 12.5. The van der Waals surface area contributed by atoms with E-state index in [0.717, 1.165) is 24.3 Å². The average molecular weight is 652 g/mol. The smallest absolute Gasteiger partial charge is 0.433 e. The van der Waals surface area contributed by atoms with Gasteiger partial charge in [0.2, 0.25) is 0 Å². The molecule has 240 valence electrons. The van der Waals surface area contributed by atoms with Crippen LogP contribution in [0.25, 0.3) is 0 Å². The fourth-order valence-electron chi connectivity index (χ4n) is 4.55. The molecule has 0 heterocycles. The van der Waals surface area contributed by atoms with E-state index in [4.69, 9.17) is 16.2 Å². The maximum Gasteiger partial charge on any atom is 0.433 e. The second kappa shape index (κ2) is 11.1. The molecule has 15 heteroatoms. The number of nitrogen functional groups attached to an aromatic ring is 2. The summed E-state index contributed by atoms with van der Waals surface area (Å²) in [6.07, 6.45) is -12.3. The molecule has 0 amide bonds. The van der Waals surface area contributed by atoms with Crippen molar-refractivity contribution in [2.75, 3.05) is 11.5 Å². The molecular weight excluding hydrogens is 632 g/mol. The summed E-state index contributed by atoms with van der Waals surface area (Å²) in [6.45, 7) is 0. The highest BCUT2D eigenvalue weighted by Gasteiger charge is 2.73. The Kier molecular flexibility index (Phi) is 8.23. The van der Waals surface area contributed by atoms with Gasteiger partial charge in [-0.3, -0.25) is 0 Å². The monoisotopic (exact) mass is 652 g/mol. The van der Waals surface area contributed by atoms with E-state index in [9.17, 15) is 26.3 Å². The molecule has 0 saturated heterocycles. The van der Waals surface area contributed by atoms with Crippen LogP contribution < -0.4 is 16.2 Å². The molecule has 0 fully saturated rings. The highest BCUT2D eigenvalue weighted by atomic mass is 19.4. The van der Waals surface area contributed by atoms with Gasteiger partial charge in [0, 0.05) is 33.6 Å². The lowest BCUT2D eigenvalue weighted by molar-refractivity contribution is -0.315. The highest BCUT2D eigenvalue weighted by molar-refractivity contribution is 5.47. The zero-order valence-corrected chi connectivity index (χ0v) is 22.3. The molecule has 2 unspecified atom stereocenters. The van der Waals surface area contributed by atoms with E-state index in [2.05, 4.69) is 0 Å². The van der Waals surface area contributed by atoms with Gasteiger partial charge in [-0.2, -0.15) is 43.9 Å². The number of nitrogens with two attached hydrogens (primary N) is 2. The van der Waals surface area contributed by atoms with Crippen molar-refractivity contribution in [3.05, 3.63) is 119 Å². The Balaban J connectivity index is 1.65. The quantitative estimate of drug-likeness (QED) is 0.147. The first-order chi connectivity index (χ1) is 20.7. The zero-order valence-electron chi connectivity index (χ0n) is 22.3. The van der Waals surface area contributed by atoms with Gasteiger partial charge in [0.15, 0.2) is 0 Å². The van der Waals surface area contributed by atoms with Crippen molar-refractivity contribution in [2.45, 2.75) is 35.5 Å². The number of ether oxygens (including phenoxy) is 1. The average Bonchev–Trinajstić information content (AvgIpc) is 2.95. The van der Waals surface area contributed by atoms with Gasteiger partial charge >= 0.3 is 24.2 Å². The Labute approximate surface area is 247 Å². The molecule has 0 bridgehead atoms. The summed E-state index contributed by atoms with van der Waals surface area (Å²) >= 11 is 0. The minimum absolute atomic E-state index is 0.347. The van der Waals surface area contributed by atoms with Crippen molar-refractivity contribution in [1.82, 2.24) is 0 Å². The summed E-state index contributed by atoms with van der Waals surface area (Å²) in [5.74, 6) is -11.2. The van der Waals surface area contributed by atoms with E-state index in [1.54, 1.807) is 0 Å². The molecule has 0 aliphatic heterocycles. The second-order valence-electron chi connectivity index (χ2n) is 9.86. The Hall–Kier alpha value is -4.56. The third-order valence-corrected chi connectivity index (χ3v) is 6.88. The van der Waals surface area contributed by atoms with Crippen molar-refractivity contribution < 1.29 is 57.4 Å². The van der Waals surface area contributed by atoms with Crippen molar-refractivity contribution in [2.24, 2.45) is 0 Å². The molecule has 4 N–H and O–H groups in total. The van der Waals surface area contributed by atoms with Gasteiger partial charge in [0.05, 0.1) is 0 Å². The lowest BCUT2D eigenvalue weighted by atomic mass is 9.84. The van der Waals surface area contributed by atoms with Gasteiger partial charge in [0.1, 0.15) is 11.5 Å².